The highest BCUT2D eigenvalue weighted by atomic mass is 16.1. The molecule has 3 fully saturated rings. The van der Waals surface area contributed by atoms with Crippen molar-refractivity contribution < 1.29 is 4.79 Å². The van der Waals surface area contributed by atoms with E-state index < -0.39 is 0 Å². The van der Waals surface area contributed by atoms with Gasteiger partial charge in [0.2, 0.25) is 5.91 Å². The summed E-state index contributed by atoms with van der Waals surface area (Å²) in [6.07, 6.45) is 2.95. The fraction of sp³-hybridized carbons (Fsp3) is 0.556. The third-order valence-corrected chi connectivity index (χ3v) is 5.40. The van der Waals surface area contributed by atoms with Crippen molar-refractivity contribution in [3.05, 3.63) is 30.0 Å². The highest BCUT2D eigenvalue weighted by Crippen LogP contribution is 2.27. The van der Waals surface area contributed by atoms with Gasteiger partial charge in [-0.3, -0.25) is 9.48 Å². The lowest BCUT2D eigenvalue weighted by atomic mass is 9.84. The second kappa shape index (κ2) is 5.96. The van der Waals surface area contributed by atoms with Gasteiger partial charge >= 0.3 is 0 Å². The number of para-hydroxylation sites is 1. The van der Waals surface area contributed by atoms with Gasteiger partial charge in [-0.05, 0) is 44.8 Å². The summed E-state index contributed by atoms with van der Waals surface area (Å²) in [5, 5.41) is 9.00. The maximum atomic E-state index is 12.3. The van der Waals surface area contributed by atoms with Crippen molar-refractivity contribution in [1.29, 1.82) is 0 Å². The Morgan fingerprint density at radius 3 is 2.83 bits per heavy atom. The van der Waals surface area contributed by atoms with E-state index in [1.807, 2.05) is 23.7 Å². The molecule has 0 saturated carbocycles. The van der Waals surface area contributed by atoms with Crippen LogP contribution < -0.4 is 5.32 Å². The summed E-state index contributed by atoms with van der Waals surface area (Å²) in [5.74, 6) is 0.831. The van der Waals surface area contributed by atoms with Crippen LogP contribution in [0.5, 0.6) is 0 Å². The van der Waals surface area contributed by atoms with Gasteiger partial charge in [0.25, 0.3) is 0 Å². The van der Waals surface area contributed by atoms with Gasteiger partial charge in [-0.1, -0.05) is 18.2 Å². The Morgan fingerprint density at radius 2 is 2.09 bits per heavy atom. The van der Waals surface area contributed by atoms with E-state index in [1.54, 1.807) is 0 Å². The van der Waals surface area contributed by atoms with Crippen molar-refractivity contribution in [2.75, 3.05) is 19.6 Å². The molecule has 1 amide bonds. The maximum absolute atomic E-state index is 12.3. The van der Waals surface area contributed by atoms with Crippen LogP contribution in [-0.2, 0) is 11.3 Å². The minimum Gasteiger partial charge on any atom is -0.352 e. The monoisotopic (exact) mass is 312 g/mol. The molecule has 5 rings (SSSR count). The number of rotatable bonds is 4. The Bertz CT molecular complexity index is 715. The number of carbonyl (C=O) groups excluding carboxylic acids is 1. The van der Waals surface area contributed by atoms with E-state index in [2.05, 4.69) is 27.4 Å². The molecule has 1 atom stereocenters. The first-order valence-electron chi connectivity index (χ1n) is 8.64. The van der Waals surface area contributed by atoms with Gasteiger partial charge in [0.15, 0.2) is 0 Å². The molecule has 5 nitrogen and oxygen atoms in total. The summed E-state index contributed by atoms with van der Waals surface area (Å²) in [4.78, 5) is 14.8. The topological polar surface area (TPSA) is 50.2 Å². The number of nitrogens with one attached hydrogen (secondary N) is 1. The second-order valence-electron chi connectivity index (χ2n) is 6.89. The molecule has 3 aliphatic rings. The maximum Gasteiger partial charge on any atom is 0.222 e. The number of fused-ring (bicyclic) bond motifs is 4. The van der Waals surface area contributed by atoms with Crippen LogP contribution in [0.25, 0.3) is 10.9 Å². The molecule has 0 radical (unpaired) electrons. The molecule has 4 heterocycles. The molecule has 0 spiro atoms. The zero-order chi connectivity index (χ0) is 15.8. The van der Waals surface area contributed by atoms with Crippen LogP contribution in [0.4, 0.5) is 0 Å². The Labute approximate surface area is 136 Å². The quantitative estimate of drug-likeness (QED) is 0.939. The minimum absolute atomic E-state index is 0.154. The van der Waals surface area contributed by atoms with Crippen LogP contribution in [0.15, 0.2) is 24.3 Å². The molecule has 1 aromatic carbocycles. The zero-order valence-corrected chi connectivity index (χ0v) is 13.7. The number of aryl methyl sites for hydroxylation is 2. The third-order valence-electron chi connectivity index (χ3n) is 5.40. The van der Waals surface area contributed by atoms with Gasteiger partial charge in [0.1, 0.15) is 0 Å². The van der Waals surface area contributed by atoms with Crippen molar-refractivity contribution in [2.24, 2.45) is 5.92 Å². The fourth-order valence-corrected chi connectivity index (χ4v) is 4.08. The predicted molar refractivity (Wildman–Crippen MR) is 90.2 cm³/mol. The first-order valence-corrected chi connectivity index (χ1v) is 8.64. The molecule has 1 N–H and O–H groups in total. The molecule has 3 aliphatic heterocycles. The molecule has 1 aromatic heterocycles. The predicted octanol–water partition coefficient (Wildman–Crippen LogP) is 1.95. The molecule has 23 heavy (non-hydrogen) atoms. The summed E-state index contributed by atoms with van der Waals surface area (Å²) in [6, 6.07) is 8.55. The normalized spacial score (nSPS) is 26.6. The van der Waals surface area contributed by atoms with Gasteiger partial charge in [-0.2, -0.15) is 5.10 Å². The molecule has 3 saturated heterocycles. The largest absolute Gasteiger partial charge is 0.352 e. The van der Waals surface area contributed by atoms with E-state index in [0.717, 1.165) is 17.8 Å². The number of hydrogen-bond acceptors (Lipinski definition) is 3. The molecule has 2 aromatic rings. The van der Waals surface area contributed by atoms with Crippen LogP contribution in [0, 0.1) is 12.8 Å². The SMILES string of the molecule is Cc1nn(CCC(=O)NC2CN3CCC2CC3)c2ccccc12. The first-order chi connectivity index (χ1) is 11.2. The highest BCUT2D eigenvalue weighted by Gasteiger charge is 2.34. The smallest absolute Gasteiger partial charge is 0.222 e. The molecule has 122 valence electrons. The Balaban J connectivity index is 1.38. The lowest BCUT2D eigenvalue weighted by Crippen LogP contribution is -2.57. The van der Waals surface area contributed by atoms with Gasteiger partial charge in [-0.25, -0.2) is 0 Å². The van der Waals surface area contributed by atoms with E-state index in [4.69, 9.17) is 0 Å². The number of amides is 1. The van der Waals surface area contributed by atoms with Crippen molar-refractivity contribution in [2.45, 2.75) is 38.8 Å². The van der Waals surface area contributed by atoms with Gasteiger partial charge in [0, 0.05) is 24.4 Å². The molecular formula is C18H24N4O. The van der Waals surface area contributed by atoms with Crippen LogP contribution in [0.2, 0.25) is 0 Å². The number of piperidine rings is 3. The van der Waals surface area contributed by atoms with Crippen molar-refractivity contribution >= 4 is 16.8 Å². The Hall–Kier alpha value is -1.88. The highest BCUT2D eigenvalue weighted by molar-refractivity contribution is 5.82. The number of benzene rings is 1. The molecule has 2 bridgehead atoms. The van der Waals surface area contributed by atoms with E-state index in [9.17, 15) is 4.79 Å². The van der Waals surface area contributed by atoms with Gasteiger partial charge < -0.3 is 10.2 Å². The van der Waals surface area contributed by atoms with Crippen LogP contribution in [-0.4, -0.2) is 46.3 Å². The van der Waals surface area contributed by atoms with Crippen LogP contribution >= 0.6 is 0 Å². The second-order valence-corrected chi connectivity index (χ2v) is 6.89. The molecule has 5 heteroatoms. The van der Waals surface area contributed by atoms with Gasteiger partial charge in [0.05, 0.1) is 17.8 Å². The van der Waals surface area contributed by atoms with E-state index in [1.165, 1.54) is 31.3 Å². The summed E-state index contributed by atoms with van der Waals surface area (Å²) >= 11 is 0. The average Bonchev–Trinajstić information content (AvgIpc) is 2.91. The summed E-state index contributed by atoms with van der Waals surface area (Å²) < 4.78 is 1.96. The number of carbonyl (C=O) groups is 1. The van der Waals surface area contributed by atoms with Crippen molar-refractivity contribution in [1.82, 2.24) is 20.0 Å². The van der Waals surface area contributed by atoms with Crippen LogP contribution in [0.1, 0.15) is 25.0 Å². The lowest BCUT2D eigenvalue weighted by molar-refractivity contribution is -0.123. The molecule has 0 aliphatic carbocycles. The summed E-state index contributed by atoms with van der Waals surface area (Å²) in [7, 11) is 0. The van der Waals surface area contributed by atoms with Gasteiger partial charge in [-0.15, -0.1) is 0 Å². The molecular weight excluding hydrogens is 288 g/mol. The standard InChI is InChI=1S/C18H24N4O/c1-13-15-4-2-3-5-17(15)22(20-13)11-8-18(23)19-16-12-21-9-6-14(16)7-10-21/h2-5,14,16H,6-12H2,1H3,(H,19,23). The zero-order valence-electron chi connectivity index (χ0n) is 13.7. The average molecular weight is 312 g/mol. The summed E-state index contributed by atoms with van der Waals surface area (Å²) in [5.41, 5.74) is 2.14. The number of hydrogen-bond donors (Lipinski definition) is 1. The van der Waals surface area contributed by atoms with E-state index in [-0.39, 0.29) is 5.91 Å². The minimum atomic E-state index is 0.154. The van der Waals surface area contributed by atoms with E-state index >= 15 is 0 Å². The fourth-order valence-electron chi connectivity index (χ4n) is 4.08. The summed E-state index contributed by atoms with van der Waals surface area (Å²) in [6.45, 7) is 6.10. The number of aromatic nitrogens is 2. The lowest BCUT2D eigenvalue weighted by Gasteiger charge is -2.44. The molecule has 1 unspecified atom stereocenters. The van der Waals surface area contributed by atoms with Crippen molar-refractivity contribution in [3.8, 4) is 0 Å². The third kappa shape index (κ3) is 2.85. The Morgan fingerprint density at radius 1 is 1.30 bits per heavy atom. The van der Waals surface area contributed by atoms with E-state index in [0.29, 0.717) is 24.9 Å². The van der Waals surface area contributed by atoms with Crippen molar-refractivity contribution in [3.63, 3.8) is 0 Å². The van der Waals surface area contributed by atoms with Crippen LogP contribution in [0.3, 0.4) is 0 Å². The Kier molecular flexibility index (Phi) is 3.81. The number of nitrogens with zero attached hydrogens (tertiary/aromatic N) is 3. The first kappa shape index (κ1) is 14.7.